The normalized spacial score (nSPS) is 26.9. The van der Waals surface area contributed by atoms with Crippen LogP contribution in [0.4, 0.5) is 0 Å². The zero-order chi connectivity index (χ0) is 14.5. The molecular weight excluding hydrogens is 264 g/mol. The Hall–Kier alpha value is -1.10. The second kappa shape index (κ2) is 7.25. The fourth-order valence-electron chi connectivity index (χ4n) is 3.15. The monoisotopic (exact) mass is 290 g/mol. The van der Waals surface area contributed by atoms with Gasteiger partial charge in [0.2, 0.25) is 0 Å². The van der Waals surface area contributed by atoms with E-state index in [4.69, 9.17) is 15.2 Å². The molecule has 2 N–H and O–H groups in total. The molecule has 0 bridgehead atoms. The van der Waals surface area contributed by atoms with Crippen LogP contribution in [0.3, 0.4) is 0 Å². The predicted molar refractivity (Wildman–Crippen MR) is 83.4 cm³/mol. The topological polar surface area (TPSA) is 47.7 Å². The third-order valence-electron chi connectivity index (χ3n) is 4.33. The lowest BCUT2D eigenvalue weighted by Crippen LogP contribution is -2.42. The van der Waals surface area contributed by atoms with Crippen molar-refractivity contribution in [3.05, 3.63) is 29.8 Å². The van der Waals surface area contributed by atoms with Crippen molar-refractivity contribution < 1.29 is 9.47 Å². The molecule has 2 atom stereocenters. The van der Waals surface area contributed by atoms with Gasteiger partial charge in [-0.05, 0) is 49.9 Å². The maximum absolute atomic E-state index is 6.03. The lowest BCUT2D eigenvalue weighted by Gasteiger charge is -2.30. The van der Waals surface area contributed by atoms with E-state index in [1.807, 2.05) is 0 Å². The van der Waals surface area contributed by atoms with Crippen LogP contribution >= 0.6 is 0 Å². The van der Waals surface area contributed by atoms with E-state index >= 15 is 0 Å². The Bertz CT molecular complexity index is 429. The Morgan fingerprint density at radius 3 is 2.76 bits per heavy atom. The molecule has 0 aliphatic carbocycles. The van der Waals surface area contributed by atoms with Crippen LogP contribution in [0, 0.1) is 0 Å². The number of nitrogens with two attached hydrogens (primary N) is 1. The van der Waals surface area contributed by atoms with Crippen LogP contribution in [0.25, 0.3) is 0 Å². The minimum absolute atomic E-state index is 0.277. The number of benzene rings is 1. The van der Waals surface area contributed by atoms with E-state index in [1.165, 1.54) is 12.0 Å². The van der Waals surface area contributed by atoms with Crippen molar-refractivity contribution in [3.63, 3.8) is 0 Å². The van der Waals surface area contributed by atoms with Crippen LogP contribution in [-0.4, -0.2) is 43.3 Å². The van der Waals surface area contributed by atoms with Gasteiger partial charge in [0.25, 0.3) is 0 Å². The molecule has 21 heavy (non-hydrogen) atoms. The zero-order valence-corrected chi connectivity index (χ0v) is 12.7. The second-order valence-corrected chi connectivity index (χ2v) is 6.23. The van der Waals surface area contributed by atoms with Gasteiger partial charge in [-0.3, -0.25) is 4.90 Å². The zero-order valence-electron chi connectivity index (χ0n) is 12.7. The first kappa shape index (κ1) is 14.8. The molecule has 4 nitrogen and oxygen atoms in total. The lowest BCUT2D eigenvalue weighted by molar-refractivity contribution is 0.0679. The molecule has 4 heteroatoms. The number of piperidine rings is 1. The molecule has 2 saturated heterocycles. The molecule has 0 amide bonds. The summed E-state index contributed by atoms with van der Waals surface area (Å²) >= 11 is 0. The average molecular weight is 290 g/mol. The summed E-state index contributed by atoms with van der Waals surface area (Å²) in [6.45, 7) is 4.70. The maximum Gasteiger partial charge on any atom is 0.119 e. The molecule has 2 aliphatic heterocycles. The van der Waals surface area contributed by atoms with E-state index in [2.05, 4.69) is 29.2 Å². The number of nitrogens with zero attached hydrogens (tertiary/aromatic N) is 1. The van der Waals surface area contributed by atoms with E-state index in [1.54, 1.807) is 0 Å². The average Bonchev–Trinajstić information content (AvgIpc) is 3.00. The highest BCUT2D eigenvalue weighted by Gasteiger charge is 2.17. The summed E-state index contributed by atoms with van der Waals surface area (Å²) in [6, 6.07) is 8.78. The Morgan fingerprint density at radius 2 is 2.05 bits per heavy atom. The number of rotatable bonds is 5. The fraction of sp³-hybridized carbons (Fsp3) is 0.647. The molecule has 0 spiro atoms. The van der Waals surface area contributed by atoms with Crippen molar-refractivity contribution in [1.82, 2.24) is 4.90 Å². The maximum atomic E-state index is 6.03. The van der Waals surface area contributed by atoms with E-state index in [-0.39, 0.29) is 6.10 Å². The molecule has 0 aromatic heterocycles. The summed E-state index contributed by atoms with van der Waals surface area (Å²) in [5.41, 5.74) is 7.36. The van der Waals surface area contributed by atoms with Crippen molar-refractivity contribution in [1.29, 1.82) is 0 Å². The van der Waals surface area contributed by atoms with Gasteiger partial charge in [-0.15, -0.1) is 0 Å². The first-order chi connectivity index (χ1) is 10.3. The van der Waals surface area contributed by atoms with Crippen LogP contribution in [0.15, 0.2) is 24.3 Å². The molecule has 1 aromatic carbocycles. The molecule has 2 aliphatic rings. The largest absolute Gasteiger partial charge is 0.491 e. The van der Waals surface area contributed by atoms with Gasteiger partial charge in [-0.1, -0.05) is 12.1 Å². The Morgan fingerprint density at radius 1 is 1.19 bits per heavy atom. The number of hydrogen-bond acceptors (Lipinski definition) is 4. The van der Waals surface area contributed by atoms with Crippen molar-refractivity contribution in [2.24, 2.45) is 5.73 Å². The van der Waals surface area contributed by atoms with Gasteiger partial charge in [0.15, 0.2) is 0 Å². The summed E-state index contributed by atoms with van der Waals surface area (Å²) in [5.74, 6) is 0.935. The summed E-state index contributed by atoms with van der Waals surface area (Å²) < 4.78 is 11.4. The van der Waals surface area contributed by atoms with Crippen molar-refractivity contribution >= 4 is 0 Å². The highest BCUT2D eigenvalue weighted by Crippen LogP contribution is 2.18. The summed E-state index contributed by atoms with van der Waals surface area (Å²) in [5, 5.41) is 0. The van der Waals surface area contributed by atoms with Crippen LogP contribution in [0.2, 0.25) is 0 Å². The van der Waals surface area contributed by atoms with Gasteiger partial charge in [-0.25, -0.2) is 0 Å². The van der Waals surface area contributed by atoms with Gasteiger partial charge in [0.1, 0.15) is 12.4 Å². The second-order valence-electron chi connectivity index (χ2n) is 6.23. The standard InChI is InChI=1S/C17H26N2O2/c18-15-3-1-9-19(12-15)11-14-5-7-16(8-6-14)21-13-17-4-2-10-20-17/h5-8,15,17H,1-4,9-13,18H2/t15-,17?/m1/s1. The van der Waals surface area contributed by atoms with Crippen LogP contribution in [0.5, 0.6) is 5.75 Å². The van der Waals surface area contributed by atoms with E-state index in [0.717, 1.165) is 51.3 Å². The molecule has 2 heterocycles. The predicted octanol–water partition coefficient (Wildman–Crippen LogP) is 2.17. The fourth-order valence-corrected chi connectivity index (χ4v) is 3.15. The first-order valence-electron chi connectivity index (χ1n) is 8.11. The smallest absolute Gasteiger partial charge is 0.119 e. The summed E-state index contributed by atoms with van der Waals surface area (Å²) in [7, 11) is 0. The van der Waals surface area contributed by atoms with Crippen LogP contribution in [0.1, 0.15) is 31.2 Å². The Kier molecular flexibility index (Phi) is 5.12. The number of ether oxygens (including phenoxy) is 2. The Balaban J connectivity index is 1.46. The minimum Gasteiger partial charge on any atom is -0.491 e. The van der Waals surface area contributed by atoms with Gasteiger partial charge >= 0.3 is 0 Å². The Labute approximate surface area is 127 Å². The molecule has 1 aromatic rings. The third kappa shape index (κ3) is 4.43. The van der Waals surface area contributed by atoms with Gasteiger partial charge < -0.3 is 15.2 Å². The highest BCUT2D eigenvalue weighted by molar-refractivity contribution is 5.27. The molecule has 1 unspecified atom stereocenters. The minimum atomic E-state index is 0.277. The molecule has 0 saturated carbocycles. The first-order valence-corrected chi connectivity index (χ1v) is 8.11. The SMILES string of the molecule is N[C@@H]1CCCN(Cc2ccc(OCC3CCCO3)cc2)C1. The number of likely N-dealkylation sites (tertiary alicyclic amines) is 1. The van der Waals surface area contributed by atoms with E-state index < -0.39 is 0 Å². The van der Waals surface area contributed by atoms with Gasteiger partial charge in [-0.2, -0.15) is 0 Å². The summed E-state index contributed by atoms with van der Waals surface area (Å²) in [4.78, 5) is 2.44. The van der Waals surface area contributed by atoms with Crippen molar-refractivity contribution in [3.8, 4) is 5.75 Å². The molecule has 2 fully saturated rings. The third-order valence-corrected chi connectivity index (χ3v) is 4.33. The molecule has 116 valence electrons. The summed E-state index contributed by atoms with van der Waals surface area (Å²) in [6.07, 6.45) is 4.92. The lowest BCUT2D eigenvalue weighted by atomic mass is 10.1. The van der Waals surface area contributed by atoms with Gasteiger partial charge in [0.05, 0.1) is 6.10 Å². The number of hydrogen-bond donors (Lipinski definition) is 1. The molecule has 0 radical (unpaired) electrons. The quantitative estimate of drug-likeness (QED) is 0.903. The van der Waals surface area contributed by atoms with Gasteiger partial charge in [0, 0.05) is 25.7 Å². The van der Waals surface area contributed by atoms with Crippen molar-refractivity contribution in [2.75, 3.05) is 26.3 Å². The van der Waals surface area contributed by atoms with Crippen LogP contribution < -0.4 is 10.5 Å². The highest BCUT2D eigenvalue weighted by atomic mass is 16.5. The van der Waals surface area contributed by atoms with Crippen molar-refractivity contribution in [2.45, 2.75) is 44.4 Å². The molecule has 3 rings (SSSR count). The van der Waals surface area contributed by atoms with Crippen LogP contribution in [-0.2, 0) is 11.3 Å². The molecular formula is C17H26N2O2. The van der Waals surface area contributed by atoms with E-state index in [0.29, 0.717) is 12.6 Å². The van der Waals surface area contributed by atoms with E-state index in [9.17, 15) is 0 Å².